The predicted molar refractivity (Wildman–Crippen MR) is 176 cm³/mol. The second kappa shape index (κ2) is 15.0. The zero-order valence-corrected chi connectivity index (χ0v) is 26.9. The number of rotatable bonds is 13. The predicted octanol–water partition coefficient (Wildman–Crippen LogP) is 6.19. The number of hydrogen-bond donors (Lipinski definition) is 1. The van der Waals surface area contributed by atoms with E-state index in [1.807, 2.05) is 82.3 Å². The highest BCUT2D eigenvalue weighted by atomic mass is 32.2. The molecule has 236 valence electrons. The summed E-state index contributed by atoms with van der Waals surface area (Å²) in [5.41, 5.74) is 3.14. The first-order chi connectivity index (χ1) is 21.5. The van der Waals surface area contributed by atoms with Gasteiger partial charge in [-0.05, 0) is 68.1 Å². The van der Waals surface area contributed by atoms with Crippen molar-refractivity contribution in [2.75, 3.05) is 10.8 Å². The van der Waals surface area contributed by atoms with Gasteiger partial charge in [-0.25, -0.2) is 12.8 Å². The molecule has 0 unspecified atom stereocenters. The van der Waals surface area contributed by atoms with Gasteiger partial charge in [-0.15, -0.1) is 0 Å². The molecule has 45 heavy (non-hydrogen) atoms. The van der Waals surface area contributed by atoms with E-state index in [2.05, 4.69) is 5.32 Å². The molecule has 4 aromatic rings. The monoisotopic (exact) mass is 629 g/mol. The van der Waals surface area contributed by atoms with Crippen LogP contribution in [0.25, 0.3) is 0 Å². The molecule has 0 saturated heterocycles. The molecular weight excluding hydrogens is 589 g/mol. The lowest BCUT2D eigenvalue weighted by Crippen LogP contribution is -2.54. The van der Waals surface area contributed by atoms with Crippen molar-refractivity contribution in [3.8, 4) is 0 Å². The van der Waals surface area contributed by atoms with Gasteiger partial charge in [0.1, 0.15) is 18.4 Å². The lowest BCUT2D eigenvalue weighted by Gasteiger charge is -2.34. The first-order valence-corrected chi connectivity index (χ1v) is 16.5. The number of nitrogens with zero attached hydrogens (tertiary/aromatic N) is 2. The Morgan fingerprint density at radius 1 is 0.844 bits per heavy atom. The minimum Gasteiger partial charge on any atom is -0.352 e. The van der Waals surface area contributed by atoms with E-state index in [0.29, 0.717) is 6.42 Å². The summed E-state index contributed by atoms with van der Waals surface area (Å²) in [4.78, 5) is 29.7. The van der Waals surface area contributed by atoms with Crippen molar-refractivity contribution in [2.24, 2.45) is 0 Å². The van der Waals surface area contributed by atoms with E-state index >= 15 is 4.39 Å². The van der Waals surface area contributed by atoms with Crippen molar-refractivity contribution in [1.82, 2.24) is 10.2 Å². The van der Waals surface area contributed by atoms with E-state index < -0.39 is 34.3 Å². The van der Waals surface area contributed by atoms with E-state index in [4.69, 9.17) is 0 Å². The molecule has 0 saturated carbocycles. The second-order valence-corrected chi connectivity index (χ2v) is 13.1. The number of carbonyl (C=O) groups is 2. The number of halogens is 1. The summed E-state index contributed by atoms with van der Waals surface area (Å²) in [5, 5.41) is 3.02. The summed E-state index contributed by atoms with van der Waals surface area (Å²) < 4.78 is 44.2. The summed E-state index contributed by atoms with van der Waals surface area (Å²) in [6.45, 7) is 6.92. The van der Waals surface area contributed by atoms with Crippen LogP contribution >= 0.6 is 0 Å². The van der Waals surface area contributed by atoms with E-state index in [1.54, 1.807) is 12.1 Å². The van der Waals surface area contributed by atoms with Gasteiger partial charge in [0.05, 0.1) is 10.6 Å². The van der Waals surface area contributed by atoms with E-state index in [1.165, 1.54) is 35.2 Å². The Morgan fingerprint density at radius 3 is 2.11 bits per heavy atom. The normalized spacial score (nSPS) is 12.6. The largest absolute Gasteiger partial charge is 0.352 e. The number of carbonyl (C=O) groups excluding carboxylic acids is 2. The molecular formula is C36H40FN3O4S. The molecule has 0 aliphatic rings. The lowest BCUT2D eigenvalue weighted by atomic mass is 10.0. The van der Waals surface area contributed by atoms with E-state index in [-0.39, 0.29) is 35.5 Å². The molecule has 0 spiro atoms. The Labute approximate surface area is 265 Å². The number of hydrogen-bond acceptors (Lipinski definition) is 4. The average molecular weight is 630 g/mol. The van der Waals surface area contributed by atoms with Crippen LogP contribution in [-0.4, -0.2) is 43.8 Å². The molecule has 7 nitrogen and oxygen atoms in total. The molecule has 9 heteroatoms. The molecule has 4 aromatic carbocycles. The Bertz CT molecular complexity index is 1710. The molecule has 2 atom stereocenters. The fourth-order valence-corrected chi connectivity index (χ4v) is 6.39. The smallest absolute Gasteiger partial charge is 0.264 e. The van der Waals surface area contributed by atoms with Crippen LogP contribution in [0, 0.1) is 19.7 Å². The quantitative estimate of drug-likeness (QED) is 0.191. The number of anilines is 1. The Kier molecular flexibility index (Phi) is 11.1. The van der Waals surface area contributed by atoms with Crippen LogP contribution in [0.1, 0.15) is 42.5 Å². The molecule has 0 aliphatic heterocycles. The summed E-state index contributed by atoms with van der Waals surface area (Å²) in [6, 6.07) is 27.4. The van der Waals surface area contributed by atoms with Gasteiger partial charge >= 0.3 is 0 Å². The van der Waals surface area contributed by atoms with Crippen LogP contribution in [0.5, 0.6) is 0 Å². The maximum atomic E-state index is 15.3. The Morgan fingerprint density at radius 2 is 1.47 bits per heavy atom. The van der Waals surface area contributed by atoms with Crippen LogP contribution < -0.4 is 9.62 Å². The van der Waals surface area contributed by atoms with Gasteiger partial charge in [0.2, 0.25) is 11.8 Å². The van der Waals surface area contributed by atoms with Gasteiger partial charge in [0.15, 0.2) is 0 Å². The maximum Gasteiger partial charge on any atom is 0.264 e. The van der Waals surface area contributed by atoms with Crippen LogP contribution in [0.3, 0.4) is 0 Å². The number of nitrogens with one attached hydrogen (secondary N) is 1. The van der Waals surface area contributed by atoms with Gasteiger partial charge in [-0.1, -0.05) is 91.3 Å². The highest BCUT2D eigenvalue weighted by Crippen LogP contribution is 2.27. The second-order valence-electron chi connectivity index (χ2n) is 11.2. The zero-order chi connectivity index (χ0) is 32.6. The fourth-order valence-electron chi connectivity index (χ4n) is 4.97. The van der Waals surface area contributed by atoms with E-state index in [0.717, 1.165) is 32.6 Å². The third-order valence-corrected chi connectivity index (χ3v) is 9.66. The fraction of sp³-hybridized carbons (Fsp3) is 0.278. The first kappa shape index (κ1) is 33.4. The number of amides is 2. The maximum absolute atomic E-state index is 15.3. The number of aryl methyl sites for hydroxylation is 2. The van der Waals surface area contributed by atoms with Gasteiger partial charge < -0.3 is 10.2 Å². The van der Waals surface area contributed by atoms with E-state index in [9.17, 15) is 18.0 Å². The number of benzene rings is 4. The van der Waals surface area contributed by atoms with Crippen molar-refractivity contribution in [3.63, 3.8) is 0 Å². The number of para-hydroxylation sites is 1. The van der Waals surface area contributed by atoms with Crippen molar-refractivity contribution in [1.29, 1.82) is 0 Å². The standard InChI is InChI=1S/C36H40FN3O4S/c1-5-28(4)38-36(42)34(23-29-14-7-6-8-15-29)39(24-30-16-10-9-13-27(30)3)35(41)25-40(33-18-12-11-17-32(33)37)45(43,44)31-21-19-26(2)20-22-31/h6-22,28,34H,5,23-25H2,1-4H3,(H,38,42)/t28-,34+/m1/s1. The summed E-state index contributed by atoms with van der Waals surface area (Å²) in [7, 11) is -4.39. The molecule has 0 heterocycles. The van der Waals surface area contributed by atoms with Crippen LogP contribution in [0.2, 0.25) is 0 Å². The molecule has 0 aromatic heterocycles. The van der Waals surface area contributed by atoms with Gasteiger partial charge in [0, 0.05) is 19.0 Å². The van der Waals surface area contributed by atoms with Gasteiger partial charge in [0.25, 0.3) is 10.0 Å². The van der Waals surface area contributed by atoms with Crippen molar-refractivity contribution in [2.45, 2.75) is 64.1 Å². The van der Waals surface area contributed by atoms with Crippen molar-refractivity contribution >= 4 is 27.5 Å². The van der Waals surface area contributed by atoms with Crippen LogP contribution in [0.15, 0.2) is 108 Å². The van der Waals surface area contributed by atoms with Gasteiger partial charge in [-0.2, -0.15) is 0 Å². The minimum absolute atomic E-state index is 0.0482. The first-order valence-electron chi connectivity index (χ1n) is 15.0. The van der Waals surface area contributed by atoms with Crippen molar-refractivity contribution in [3.05, 3.63) is 131 Å². The molecule has 0 fully saturated rings. The van der Waals surface area contributed by atoms with Gasteiger partial charge in [-0.3, -0.25) is 13.9 Å². The molecule has 0 bridgehead atoms. The SMILES string of the molecule is CC[C@@H](C)NC(=O)[C@H](Cc1ccccc1)N(Cc1ccccc1C)C(=O)CN(c1ccccc1F)S(=O)(=O)c1ccc(C)cc1. The minimum atomic E-state index is -4.39. The molecule has 4 rings (SSSR count). The third kappa shape index (κ3) is 8.36. The highest BCUT2D eigenvalue weighted by molar-refractivity contribution is 7.92. The van der Waals surface area contributed by atoms with Crippen LogP contribution in [0.4, 0.5) is 10.1 Å². The molecule has 2 amide bonds. The summed E-state index contributed by atoms with van der Waals surface area (Å²) in [5.74, 6) is -1.78. The molecule has 0 aliphatic carbocycles. The highest BCUT2D eigenvalue weighted by Gasteiger charge is 2.35. The third-order valence-electron chi connectivity index (χ3n) is 7.88. The summed E-state index contributed by atoms with van der Waals surface area (Å²) >= 11 is 0. The topological polar surface area (TPSA) is 86.8 Å². The molecule has 0 radical (unpaired) electrons. The van der Waals surface area contributed by atoms with Crippen molar-refractivity contribution < 1.29 is 22.4 Å². The van der Waals surface area contributed by atoms with Crippen LogP contribution in [-0.2, 0) is 32.6 Å². The zero-order valence-electron chi connectivity index (χ0n) is 26.1. The average Bonchev–Trinajstić information content (AvgIpc) is 3.03. The number of sulfonamides is 1. The molecule has 1 N–H and O–H groups in total. The summed E-state index contributed by atoms with van der Waals surface area (Å²) in [6.07, 6.45) is 0.885. The Hall–Kier alpha value is -4.50. The Balaban J connectivity index is 1.83. The lowest BCUT2D eigenvalue weighted by molar-refractivity contribution is -0.140.